The van der Waals surface area contributed by atoms with Crippen molar-refractivity contribution in [1.82, 2.24) is 10.3 Å². The van der Waals surface area contributed by atoms with E-state index in [1.165, 1.54) is 17.8 Å². The molecule has 6 heteroatoms. The summed E-state index contributed by atoms with van der Waals surface area (Å²) in [6.45, 7) is 2.67. The number of amides is 1. The Hall–Kier alpha value is -2.08. The topological polar surface area (TPSA) is 60.5 Å². The molecule has 0 radical (unpaired) electrons. The highest BCUT2D eigenvalue weighted by atomic mass is 32.1. The Morgan fingerprint density at radius 2 is 2.07 bits per heavy atom. The van der Waals surface area contributed by atoms with E-state index in [0.717, 1.165) is 43.5 Å². The van der Waals surface area contributed by atoms with Crippen LogP contribution in [0.1, 0.15) is 59.6 Å². The van der Waals surface area contributed by atoms with Gasteiger partial charge in [-0.1, -0.05) is 0 Å². The summed E-state index contributed by atoms with van der Waals surface area (Å²) in [4.78, 5) is 16.8. The molecule has 3 rings (SSSR count). The van der Waals surface area contributed by atoms with Gasteiger partial charge >= 0.3 is 0 Å². The molecule has 2 aromatic rings. The summed E-state index contributed by atoms with van der Waals surface area (Å²) in [5.41, 5.74) is 1.68. The average molecular weight is 389 g/mol. The highest BCUT2D eigenvalue weighted by Crippen LogP contribution is 2.32. The van der Waals surface area contributed by atoms with Crippen molar-refractivity contribution < 1.29 is 14.3 Å². The SMILES string of the molecule is COc1cc(C(=O)NCCCCc2nc(C)cs2)ccc1OC1CCCC1. The van der Waals surface area contributed by atoms with Crippen LogP contribution < -0.4 is 14.8 Å². The summed E-state index contributed by atoms with van der Waals surface area (Å²) in [6.07, 6.45) is 7.80. The summed E-state index contributed by atoms with van der Waals surface area (Å²) < 4.78 is 11.5. The zero-order valence-corrected chi connectivity index (χ0v) is 16.9. The molecule has 27 heavy (non-hydrogen) atoms. The van der Waals surface area contributed by atoms with Crippen molar-refractivity contribution in [1.29, 1.82) is 0 Å². The molecule has 0 atom stereocenters. The van der Waals surface area contributed by atoms with Crippen LogP contribution in [0.15, 0.2) is 23.6 Å². The molecule has 146 valence electrons. The fourth-order valence-corrected chi connectivity index (χ4v) is 4.13. The molecule has 1 aliphatic carbocycles. The number of methoxy groups -OCH3 is 1. The number of rotatable bonds is 9. The predicted octanol–water partition coefficient (Wildman–Crippen LogP) is 4.53. The van der Waals surface area contributed by atoms with E-state index >= 15 is 0 Å². The molecule has 0 bridgehead atoms. The predicted molar refractivity (Wildman–Crippen MR) is 108 cm³/mol. The second kappa shape index (κ2) is 9.74. The van der Waals surface area contributed by atoms with Crippen LogP contribution in [0, 0.1) is 6.92 Å². The van der Waals surface area contributed by atoms with Crippen LogP contribution in [-0.4, -0.2) is 30.6 Å². The number of hydrogen-bond acceptors (Lipinski definition) is 5. The Labute approximate surface area is 165 Å². The van der Waals surface area contributed by atoms with Crippen LogP contribution in [0.25, 0.3) is 0 Å². The first-order valence-corrected chi connectivity index (χ1v) is 10.6. The smallest absolute Gasteiger partial charge is 0.251 e. The number of aromatic nitrogens is 1. The number of unbranched alkanes of at least 4 members (excludes halogenated alkanes) is 1. The molecular weight excluding hydrogens is 360 g/mol. The number of ether oxygens (including phenoxy) is 2. The highest BCUT2D eigenvalue weighted by molar-refractivity contribution is 7.09. The van der Waals surface area contributed by atoms with Crippen LogP contribution >= 0.6 is 11.3 Å². The number of aryl methyl sites for hydroxylation is 2. The van der Waals surface area contributed by atoms with Crippen molar-refractivity contribution in [3.05, 3.63) is 39.8 Å². The Morgan fingerprint density at radius 3 is 2.78 bits per heavy atom. The highest BCUT2D eigenvalue weighted by Gasteiger charge is 2.19. The van der Waals surface area contributed by atoms with Gasteiger partial charge in [-0.25, -0.2) is 4.98 Å². The summed E-state index contributed by atoms with van der Waals surface area (Å²) in [6, 6.07) is 5.41. The van der Waals surface area contributed by atoms with E-state index in [1.807, 2.05) is 13.0 Å². The first-order chi connectivity index (χ1) is 13.2. The van der Waals surface area contributed by atoms with Gasteiger partial charge in [0.25, 0.3) is 5.91 Å². The Kier molecular flexibility index (Phi) is 7.10. The zero-order valence-electron chi connectivity index (χ0n) is 16.1. The fourth-order valence-electron chi connectivity index (χ4n) is 3.31. The summed E-state index contributed by atoms with van der Waals surface area (Å²) in [5.74, 6) is 1.26. The van der Waals surface area contributed by atoms with Crippen LogP contribution in [0.2, 0.25) is 0 Å². The van der Waals surface area contributed by atoms with E-state index in [0.29, 0.717) is 17.9 Å². The van der Waals surface area contributed by atoms with Gasteiger partial charge in [-0.15, -0.1) is 11.3 Å². The maximum Gasteiger partial charge on any atom is 0.251 e. The molecule has 1 aromatic carbocycles. The third-order valence-corrected chi connectivity index (χ3v) is 5.82. The zero-order chi connectivity index (χ0) is 19.1. The lowest BCUT2D eigenvalue weighted by Crippen LogP contribution is -2.24. The monoisotopic (exact) mass is 388 g/mol. The first-order valence-electron chi connectivity index (χ1n) is 9.69. The molecule has 1 aromatic heterocycles. The number of carbonyl (C=O) groups is 1. The number of hydrogen-bond donors (Lipinski definition) is 1. The maximum absolute atomic E-state index is 12.4. The van der Waals surface area contributed by atoms with Crippen LogP contribution in [0.5, 0.6) is 11.5 Å². The van der Waals surface area contributed by atoms with E-state index in [2.05, 4.69) is 15.7 Å². The molecule has 1 aliphatic rings. The fraction of sp³-hybridized carbons (Fsp3) is 0.524. The third kappa shape index (κ3) is 5.70. The average Bonchev–Trinajstić information content (AvgIpc) is 3.33. The number of carbonyl (C=O) groups excluding carboxylic acids is 1. The molecule has 1 heterocycles. The molecule has 1 fully saturated rings. The van der Waals surface area contributed by atoms with Gasteiger partial charge in [-0.3, -0.25) is 4.79 Å². The van der Waals surface area contributed by atoms with Crippen molar-refractivity contribution in [2.24, 2.45) is 0 Å². The van der Waals surface area contributed by atoms with Crippen LogP contribution in [0.4, 0.5) is 0 Å². The molecule has 1 saturated carbocycles. The van der Waals surface area contributed by atoms with Gasteiger partial charge in [0.2, 0.25) is 0 Å². The minimum atomic E-state index is -0.0780. The quantitative estimate of drug-likeness (QED) is 0.641. The minimum Gasteiger partial charge on any atom is -0.493 e. The molecule has 5 nitrogen and oxygen atoms in total. The van der Waals surface area contributed by atoms with Gasteiger partial charge in [0, 0.05) is 23.2 Å². The van der Waals surface area contributed by atoms with Crippen molar-refractivity contribution in [2.45, 2.75) is 58.0 Å². The number of nitrogens with zero attached hydrogens (tertiary/aromatic N) is 1. The van der Waals surface area contributed by atoms with E-state index < -0.39 is 0 Å². The Bertz CT molecular complexity index is 754. The number of thiazole rings is 1. The third-order valence-electron chi connectivity index (χ3n) is 4.79. The molecule has 0 saturated heterocycles. The number of nitrogens with one attached hydrogen (secondary N) is 1. The second-order valence-electron chi connectivity index (χ2n) is 6.99. The molecule has 1 amide bonds. The van der Waals surface area contributed by atoms with Crippen molar-refractivity contribution in [3.63, 3.8) is 0 Å². The largest absolute Gasteiger partial charge is 0.493 e. The summed E-state index contributed by atoms with van der Waals surface area (Å²) >= 11 is 1.70. The van der Waals surface area contributed by atoms with Gasteiger partial charge in [0.15, 0.2) is 11.5 Å². The summed E-state index contributed by atoms with van der Waals surface area (Å²) in [5, 5.41) is 6.22. The van der Waals surface area contributed by atoms with Gasteiger partial charge in [-0.05, 0) is 70.1 Å². The second-order valence-corrected chi connectivity index (χ2v) is 7.93. The van der Waals surface area contributed by atoms with Gasteiger partial charge in [0.1, 0.15) is 0 Å². The lowest BCUT2D eigenvalue weighted by atomic mass is 10.1. The molecule has 0 unspecified atom stereocenters. The van der Waals surface area contributed by atoms with E-state index in [1.54, 1.807) is 30.6 Å². The van der Waals surface area contributed by atoms with E-state index in [-0.39, 0.29) is 12.0 Å². The Morgan fingerprint density at radius 1 is 1.26 bits per heavy atom. The van der Waals surface area contributed by atoms with Crippen molar-refractivity contribution in [3.8, 4) is 11.5 Å². The van der Waals surface area contributed by atoms with Gasteiger partial charge in [0.05, 0.1) is 18.2 Å². The van der Waals surface area contributed by atoms with E-state index in [9.17, 15) is 4.79 Å². The molecule has 0 aliphatic heterocycles. The molecular formula is C21H28N2O3S. The van der Waals surface area contributed by atoms with E-state index in [4.69, 9.17) is 9.47 Å². The molecule has 0 spiro atoms. The van der Waals surface area contributed by atoms with Gasteiger partial charge in [-0.2, -0.15) is 0 Å². The van der Waals surface area contributed by atoms with Gasteiger partial charge < -0.3 is 14.8 Å². The van der Waals surface area contributed by atoms with Crippen molar-refractivity contribution in [2.75, 3.05) is 13.7 Å². The van der Waals surface area contributed by atoms with Crippen molar-refractivity contribution >= 4 is 17.2 Å². The maximum atomic E-state index is 12.4. The minimum absolute atomic E-state index is 0.0780. The normalized spacial score (nSPS) is 14.3. The summed E-state index contributed by atoms with van der Waals surface area (Å²) in [7, 11) is 1.61. The lowest BCUT2D eigenvalue weighted by Gasteiger charge is -2.16. The number of benzene rings is 1. The molecule has 1 N–H and O–H groups in total. The van der Waals surface area contributed by atoms with Crippen LogP contribution in [0.3, 0.4) is 0 Å². The lowest BCUT2D eigenvalue weighted by molar-refractivity contribution is 0.0952. The van der Waals surface area contributed by atoms with Crippen LogP contribution in [-0.2, 0) is 6.42 Å². The standard InChI is InChI=1S/C21H28N2O3S/c1-15-14-27-20(23-15)9-5-6-12-22-21(24)16-10-11-18(19(13-16)25-2)26-17-7-3-4-8-17/h10-11,13-14,17H,3-9,12H2,1-2H3,(H,22,24). The first kappa shape index (κ1) is 19.7. The Balaban J connectivity index is 1.45.